The molecule has 0 aliphatic heterocycles. The number of methoxy groups -OCH3 is 1. The zero-order chi connectivity index (χ0) is 18.7. The van der Waals surface area contributed by atoms with Crippen LogP contribution in [0.5, 0.6) is 11.5 Å². The van der Waals surface area contributed by atoms with Crippen LogP contribution in [0.1, 0.15) is 38.8 Å². The summed E-state index contributed by atoms with van der Waals surface area (Å²) in [7, 11) is 1.59. The number of carbonyl (C=O) groups is 2. The van der Waals surface area contributed by atoms with Gasteiger partial charge in [0.15, 0.2) is 23.1 Å². The summed E-state index contributed by atoms with van der Waals surface area (Å²) in [4.78, 5) is 25.2. The van der Waals surface area contributed by atoms with Gasteiger partial charge < -0.3 is 9.47 Å². The molecule has 0 amide bonds. The van der Waals surface area contributed by atoms with Gasteiger partial charge in [0, 0.05) is 16.7 Å². The van der Waals surface area contributed by atoms with Crippen LogP contribution in [-0.2, 0) is 6.42 Å². The molecule has 0 fully saturated rings. The second kappa shape index (κ2) is 7.40. The van der Waals surface area contributed by atoms with Crippen molar-refractivity contribution >= 4 is 17.6 Å². The number of benzene rings is 2. The number of ketones is 2. The largest absolute Gasteiger partial charge is 0.493 e. The highest BCUT2D eigenvalue weighted by Gasteiger charge is 2.32. The molecule has 26 heavy (non-hydrogen) atoms. The number of hydrogen-bond acceptors (Lipinski definition) is 4. The van der Waals surface area contributed by atoms with E-state index >= 15 is 0 Å². The SMILES string of the molecule is C=CCc1cc(C=C2C(=O)c3ccccc3C2=O)cc(OCC)c1OC. The summed E-state index contributed by atoms with van der Waals surface area (Å²) in [5, 5.41) is 0. The maximum Gasteiger partial charge on any atom is 0.197 e. The third-order valence-electron chi connectivity index (χ3n) is 4.24. The molecule has 0 unspecified atom stereocenters. The highest BCUT2D eigenvalue weighted by atomic mass is 16.5. The maximum absolute atomic E-state index is 12.6. The monoisotopic (exact) mass is 348 g/mol. The molecule has 132 valence electrons. The van der Waals surface area contributed by atoms with Crippen molar-refractivity contribution in [2.75, 3.05) is 13.7 Å². The van der Waals surface area contributed by atoms with E-state index in [0.717, 1.165) is 11.1 Å². The van der Waals surface area contributed by atoms with Crippen LogP contribution in [0.4, 0.5) is 0 Å². The average Bonchev–Trinajstić information content (AvgIpc) is 2.88. The average molecular weight is 348 g/mol. The van der Waals surface area contributed by atoms with Gasteiger partial charge in [-0.1, -0.05) is 30.3 Å². The summed E-state index contributed by atoms with van der Waals surface area (Å²) in [5.41, 5.74) is 2.68. The van der Waals surface area contributed by atoms with Crippen molar-refractivity contribution in [3.05, 3.63) is 76.9 Å². The van der Waals surface area contributed by atoms with E-state index in [9.17, 15) is 9.59 Å². The van der Waals surface area contributed by atoms with Crippen LogP contribution in [0.25, 0.3) is 6.08 Å². The fourth-order valence-electron chi connectivity index (χ4n) is 3.14. The van der Waals surface area contributed by atoms with E-state index in [1.165, 1.54) is 0 Å². The molecule has 4 nitrogen and oxygen atoms in total. The minimum Gasteiger partial charge on any atom is -0.493 e. The Bertz CT molecular complexity index is 885. The Morgan fingerprint density at radius 1 is 1.08 bits per heavy atom. The standard InChI is InChI=1S/C22H20O4/c1-4-8-15-11-14(13-19(26-5-2)22(15)25-3)12-18-20(23)16-9-6-7-10-17(16)21(18)24/h4,6-7,9-13H,1,5,8H2,2-3H3. The van der Waals surface area contributed by atoms with E-state index in [1.807, 2.05) is 13.0 Å². The van der Waals surface area contributed by atoms with E-state index in [-0.39, 0.29) is 17.1 Å². The molecule has 4 heteroatoms. The van der Waals surface area contributed by atoms with Crippen LogP contribution in [0.3, 0.4) is 0 Å². The lowest BCUT2D eigenvalue weighted by Gasteiger charge is -2.14. The van der Waals surface area contributed by atoms with Crippen LogP contribution in [-0.4, -0.2) is 25.3 Å². The van der Waals surface area contributed by atoms with Gasteiger partial charge in [0.1, 0.15) is 0 Å². The Hall–Kier alpha value is -3.14. The van der Waals surface area contributed by atoms with E-state index in [2.05, 4.69) is 6.58 Å². The molecular weight excluding hydrogens is 328 g/mol. The van der Waals surface area contributed by atoms with Crippen LogP contribution in [0.15, 0.2) is 54.6 Å². The lowest BCUT2D eigenvalue weighted by atomic mass is 10.0. The van der Waals surface area contributed by atoms with Gasteiger partial charge in [-0.25, -0.2) is 0 Å². The van der Waals surface area contributed by atoms with Crippen molar-refractivity contribution in [1.82, 2.24) is 0 Å². The fourth-order valence-corrected chi connectivity index (χ4v) is 3.14. The number of carbonyl (C=O) groups excluding carboxylic acids is 2. The minimum atomic E-state index is -0.246. The second-order valence-electron chi connectivity index (χ2n) is 5.90. The summed E-state index contributed by atoms with van der Waals surface area (Å²) in [6.45, 7) is 6.14. The van der Waals surface area contributed by atoms with Gasteiger partial charge in [0.2, 0.25) is 0 Å². The molecule has 0 saturated heterocycles. The molecular formula is C22H20O4. The quantitative estimate of drug-likeness (QED) is 0.444. The van der Waals surface area contributed by atoms with Crippen molar-refractivity contribution in [3.8, 4) is 11.5 Å². The fraction of sp³-hybridized carbons (Fsp3) is 0.182. The number of fused-ring (bicyclic) bond motifs is 1. The molecule has 2 aromatic carbocycles. The highest BCUT2D eigenvalue weighted by Crippen LogP contribution is 2.35. The molecule has 0 atom stereocenters. The van der Waals surface area contributed by atoms with Gasteiger partial charge >= 0.3 is 0 Å². The molecule has 1 aliphatic rings. The van der Waals surface area contributed by atoms with Crippen LogP contribution >= 0.6 is 0 Å². The minimum absolute atomic E-state index is 0.170. The summed E-state index contributed by atoms with van der Waals surface area (Å²) in [5.74, 6) is 0.729. The number of allylic oxidation sites excluding steroid dienone is 2. The van der Waals surface area contributed by atoms with Gasteiger partial charge in [0.05, 0.1) is 19.3 Å². The van der Waals surface area contributed by atoms with Crippen molar-refractivity contribution in [3.63, 3.8) is 0 Å². The summed E-state index contributed by atoms with van der Waals surface area (Å²) >= 11 is 0. The van der Waals surface area contributed by atoms with E-state index in [1.54, 1.807) is 49.6 Å². The highest BCUT2D eigenvalue weighted by molar-refractivity contribution is 6.41. The first-order valence-electron chi connectivity index (χ1n) is 8.45. The van der Waals surface area contributed by atoms with Gasteiger partial charge in [-0.3, -0.25) is 9.59 Å². The van der Waals surface area contributed by atoms with Crippen LogP contribution in [0.2, 0.25) is 0 Å². The summed E-state index contributed by atoms with van der Waals surface area (Å²) in [6.07, 6.45) is 3.98. The third-order valence-corrected chi connectivity index (χ3v) is 4.24. The number of hydrogen-bond donors (Lipinski definition) is 0. The molecule has 0 saturated carbocycles. The number of Topliss-reactive ketones (excluding diaryl/α,β-unsaturated/α-hetero) is 2. The smallest absolute Gasteiger partial charge is 0.197 e. The molecule has 2 aromatic rings. The molecule has 0 spiro atoms. The molecule has 0 N–H and O–H groups in total. The lowest BCUT2D eigenvalue weighted by Crippen LogP contribution is -2.02. The Kier molecular flexibility index (Phi) is 5.03. The molecule has 0 bridgehead atoms. The molecule has 3 rings (SSSR count). The van der Waals surface area contributed by atoms with Gasteiger partial charge in [0.25, 0.3) is 0 Å². The zero-order valence-electron chi connectivity index (χ0n) is 14.9. The lowest BCUT2D eigenvalue weighted by molar-refractivity contribution is 0.0990. The Morgan fingerprint density at radius 2 is 1.73 bits per heavy atom. The van der Waals surface area contributed by atoms with Gasteiger partial charge in [-0.15, -0.1) is 6.58 Å². The predicted octanol–water partition coefficient (Wildman–Crippen LogP) is 4.29. The van der Waals surface area contributed by atoms with Gasteiger partial charge in [-0.2, -0.15) is 0 Å². The predicted molar refractivity (Wildman–Crippen MR) is 101 cm³/mol. The molecule has 0 aromatic heterocycles. The van der Waals surface area contributed by atoms with Crippen molar-refractivity contribution in [2.24, 2.45) is 0 Å². The third kappa shape index (κ3) is 3.06. The molecule has 0 heterocycles. The van der Waals surface area contributed by atoms with Crippen molar-refractivity contribution < 1.29 is 19.1 Å². The first-order valence-corrected chi connectivity index (χ1v) is 8.45. The van der Waals surface area contributed by atoms with Crippen LogP contribution in [0, 0.1) is 0 Å². The van der Waals surface area contributed by atoms with Gasteiger partial charge in [-0.05, 0) is 37.1 Å². The van der Waals surface area contributed by atoms with Crippen molar-refractivity contribution in [2.45, 2.75) is 13.3 Å². The maximum atomic E-state index is 12.6. The topological polar surface area (TPSA) is 52.6 Å². The Labute approximate surface area is 152 Å². The summed E-state index contributed by atoms with van der Waals surface area (Å²) < 4.78 is 11.1. The summed E-state index contributed by atoms with van der Waals surface area (Å²) in [6, 6.07) is 10.6. The number of rotatable bonds is 6. The Morgan fingerprint density at radius 3 is 2.27 bits per heavy atom. The van der Waals surface area contributed by atoms with E-state index in [4.69, 9.17) is 9.47 Å². The van der Waals surface area contributed by atoms with E-state index < -0.39 is 0 Å². The first-order chi connectivity index (χ1) is 12.6. The Balaban J connectivity index is 2.10. The normalized spacial score (nSPS) is 12.8. The van der Waals surface area contributed by atoms with Crippen molar-refractivity contribution in [1.29, 1.82) is 0 Å². The van der Waals surface area contributed by atoms with E-state index in [0.29, 0.717) is 35.7 Å². The van der Waals surface area contributed by atoms with Crippen LogP contribution < -0.4 is 9.47 Å². The zero-order valence-corrected chi connectivity index (χ0v) is 14.9. The number of ether oxygens (including phenoxy) is 2. The second-order valence-corrected chi connectivity index (χ2v) is 5.90. The molecule has 0 radical (unpaired) electrons. The molecule has 1 aliphatic carbocycles. The first kappa shape index (κ1) is 17.7.